The fourth-order valence-electron chi connectivity index (χ4n) is 0.772. The lowest BCUT2D eigenvalue weighted by atomic mass is 10.4. The van der Waals surface area contributed by atoms with Crippen molar-refractivity contribution in [3.05, 3.63) is 36.7 Å². The zero-order valence-electron chi connectivity index (χ0n) is 6.82. The van der Waals surface area contributed by atoms with E-state index >= 15 is 0 Å². The van der Waals surface area contributed by atoms with E-state index in [4.69, 9.17) is 0 Å². The first-order valence-electron chi connectivity index (χ1n) is 3.66. The minimum absolute atomic E-state index is 0.134. The van der Waals surface area contributed by atoms with Crippen molar-refractivity contribution in [2.24, 2.45) is 0 Å². The number of carbonyl (C=O) groups excluding carboxylic acids is 1. The fourth-order valence-corrected chi connectivity index (χ4v) is 0.772. The van der Waals surface area contributed by atoms with E-state index < -0.39 is 0 Å². The van der Waals surface area contributed by atoms with E-state index in [-0.39, 0.29) is 5.91 Å². The first-order valence-corrected chi connectivity index (χ1v) is 3.66. The van der Waals surface area contributed by atoms with Crippen molar-refractivity contribution in [3.63, 3.8) is 0 Å². The second-order valence-corrected chi connectivity index (χ2v) is 2.23. The Balaban J connectivity index is 2.59. The summed E-state index contributed by atoms with van der Waals surface area (Å²) in [6.07, 6.45) is 6.41. The smallest absolute Gasteiger partial charge is 0.248 e. The van der Waals surface area contributed by atoms with Gasteiger partial charge in [0.05, 0.1) is 11.9 Å². The molecule has 1 amide bonds. The molecule has 12 heavy (non-hydrogen) atoms. The SMILES string of the molecule is CC=CC(=O)Nc1cccnc1. The summed E-state index contributed by atoms with van der Waals surface area (Å²) in [7, 11) is 0. The lowest BCUT2D eigenvalue weighted by Gasteiger charge is -1.98. The molecule has 1 heterocycles. The Morgan fingerprint density at radius 1 is 1.67 bits per heavy atom. The van der Waals surface area contributed by atoms with Crippen LogP contribution < -0.4 is 5.32 Å². The molecule has 0 atom stereocenters. The number of anilines is 1. The monoisotopic (exact) mass is 162 g/mol. The number of hydrogen-bond acceptors (Lipinski definition) is 2. The van der Waals surface area contributed by atoms with Crippen molar-refractivity contribution < 1.29 is 4.79 Å². The summed E-state index contributed by atoms with van der Waals surface area (Å²) in [5.74, 6) is -0.134. The molecule has 0 radical (unpaired) electrons. The van der Waals surface area contributed by atoms with Gasteiger partial charge in [-0.3, -0.25) is 9.78 Å². The number of hydrogen-bond donors (Lipinski definition) is 1. The van der Waals surface area contributed by atoms with Crippen molar-refractivity contribution in [2.45, 2.75) is 6.92 Å². The van der Waals surface area contributed by atoms with Gasteiger partial charge in [-0.15, -0.1) is 0 Å². The minimum Gasteiger partial charge on any atom is -0.321 e. The Kier molecular flexibility index (Phi) is 3.02. The minimum atomic E-state index is -0.134. The molecular weight excluding hydrogens is 152 g/mol. The van der Waals surface area contributed by atoms with Crippen molar-refractivity contribution in [1.29, 1.82) is 0 Å². The maximum Gasteiger partial charge on any atom is 0.248 e. The second-order valence-electron chi connectivity index (χ2n) is 2.23. The molecule has 0 aliphatic heterocycles. The molecule has 0 aromatic carbocycles. The van der Waals surface area contributed by atoms with Gasteiger partial charge in [0.15, 0.2) is 0 Å². The van der Waals surface area contributed by atoms with Gasteiger partial charge in [0.1, 0.15) is 0 Å². The molecule has 0 bridgehead atoms. The maximum atomic E-state index is 11.0. The first-order chi connectivity index (χ1) is 5.83. The van der Waals surface area contributed by atoms with Crippen LogP contribution in [-0.4, -0.2) is 10.9 Å². The van der Waals surface area contributed by atoms with Crippen LogP contribution >= 0.6 is 0 Å². The van der Waals surface area contributed by atoms with Gasteiger partial charge in [0, 0.05) is 6.20 Å². The van der Waals surface area contributed by atoms with Crippen molar-refractivity contribution in [2.75, 3.05) is 5.32 Å². The Morgan fingerprint density at radius 2 is 2.50 bits per heavy atom. The standard InChI is InChI=1S/C9H10N2O/c1-2-4-9(12)11-8-5-3-6-10-7-8/h2-7H,1H3,(H,11,12). The maximum absolute atomic E-state index is 11.0. The lowest BCUT2D eigenvalue weighted by Crippen LogP contribution is -2.07. The molecular formula is C9H10N2O. The highest BCUT2D eigenvalue weighted by atomic mass is 16.1. The molecule has 1 rings (SSSR count). The number of rotatable bonds is 2. The summed E-state index contributed by atoms with van der Waals surface area (Å²) in [6, 6.07) is 3.56. The first kappa shape index (κ1) is 8.46. The van der Waals surface area contributed by atoms with E-state index in [1.165, 1.54) is 6.08 Å². The van der Waals surface area contributed by atoms with Crippen LogP contribution in [-0.2, 0) is 4.79 Å². The van der Waals surface area contributed by atoms with E-state index in [0.717, 1.165) is 0 Å². The summed E-state index contributed by atoms with van der Waals surface area (Å²) in [5, 5.41) is 2.65. The molecule has 3 nitrogen and oxygen atoms in total. The van der Waals surface area contributed by atoms with Crippen LogP contribution in [0.5, 0.6) is 0 Å². The Hall–Kier alpha value is -1.64. The van der Waals surface area contributed by atoms with Crippen LogP contribution in [0, 0.1) is 0 Å². The van der Waals surface area contributed by atoms with E-state index in [9.17, 15) is 4.79 Å². The summed E-state index contributed by atoms with van der Waals surface area (Å²) < 4.78 is 0. The van der Waals surface area contributed by atoms with Gasteiger partial charge in [-0.2, -0.15) is 0 Å². The molecule has 3 heteroatoms. The van der Waals surface area contributed by atoms with E-state index in [0.29, 0.717) is 5.69 Å². The van der Waals surface area contributed by atoms with Crippen LogP contribution in [0.25, 0.3) is 0 Å². The van der Waals surface area contributed by atoms with Gasteiger partial charge < -0.3 is 5.32 Å². The molecule has 0 aliphatic rings. The van der Waals surface area contributed by atoms with Crippen LogP contribution in [0.1, 0.15) is 6.92 Å². The second kappa shape index (κ2) is 4.28. The third-order valence-electron chi connectivity index (χ3n) is 1.25. The van der Waals surface area contributed by atoms with Crippen LogP contribution in [0.4, 0.5) is 5.69 Å². The number of nitrogens with one attached hydrogen (secondary N) is 1. The molecule has 1 aromatic heterocycles. The van der Waals surface area contributed by atoms with Gasteiger partial charge in [-0.05, 0) is 25.1 Å². The lowest BCUT2D eigenvalue weighted by molar-refractivity contribution is -0.111. The average Bonchev–Trinajstić information content (AvgIpc) is 2.06. The van der Waals surface area contributed by atoms with Gasteiger partial charge in [-0.25, -0.2) is 0 Å². The molecule has 1 N–H and O–H groups in total. The van der Waals surface area contributed by atoms with E-state index in [2.05, 4.69) is 10.3 Å². The third kappa shape index (κ3) is 2.54. The van der Waals surface area contributed by atoms with E-state index in [1.807, 2.05) is 0 Å². The third-order valence-corrected chi connectivity index (χ3v) is 1.25. The predicted octanol–water partition coefficient (Wildman–Crippen LogP) is 1.60. The largest absolute Gasteiger partial charge is 0.321 e. The Bertz CT molecular complexity index is 280. The molecule has 0 spiro atoms. The molecule has 0 fully saturated rings. The van der Waals surface area contributed by atoms with Gasteiger partial charge in [-0.1, -0.05) is 6.08 Å². The average molecular weight is 162 g/mol. The fraction of sp³-hybridized carbons (Fsp3) is 0.111. The van der Waals surface area contributed by atoms with Crippen molar-refractivity contribution >= 4 is 11.6 Å². The highest BCUT2D eigenvalue weighted by Gasteiger charge is 1.94. The van der Waals surface area contributed by atoms with Crippen molar-refractivity contribution in [3.8, 4) is 0 Å². The summed E-state index contributed by atoms with van der Waals surface area (Å²) >= 11 is 0. The summed E-state index contributed by atoms with van der Waals surface area (Å²) in [4.78, 5) is 14.8. The highest BCUT2D eigenvalue weighted by molar-refractivity contribution is 5.99. The Labute approximate surface area is 71.1 Å². The van der Waals surface area contributed by atoms with Gasteiger partial charge >= 0.3 is 0 Å². The number of pyridine rings is 1. The molecule has 0 saturated carbocycles. The number of allylic oxidation sites excluding steroid dienone is 1. The van der Waals surface area contributed by atoms with Crippen LogP contribution in [0.3, 0.4) is 0 Å². The van der Waals surface area contributed by atoms with Crippen LogP contribution in [0.15, 0.2) is 36.7 Å². The normalized spacial score (nSPS) is 10.1. The molecule has 0 unspecified atom stereocenters. The number of aromatic nitrogens is 1. The topological polar surface area (TPSA) is 42.0 Å². The Morgan fingerprint density at radius 3 is 3.08 bits per heavy atom. The number of nitrogens with zero attached hydrogens (tertiary/aromatic N) is 1. The summed E-state index contributed by atoms with van der Waals surface area (Å²) in [6.45, 7) is 1.79. The van der Waals surface area contributed by atoms with Gasteiger partial charge in [0.2, 0.25) is 5.91 Å². The van der Waals surface area contributed by atoms with Crippen molar-refractivity contribution in [1.82, 2.24) is 4.98 Å². The zero-order chi connectivity index (χ0) is 8.81. The number of amides is 1. The summed E-state index contributed by atoms with van der Waals surface area (Å²) in [5.41, 5.74) is 0.709. The molecule has 62 valence electrons. The van der Waals surface area contributed by atoms with Gasteiger partial charge in [0.25, 0.3) is 0 Å². The molecule has 1 aromatic rings. The zero-order valence-corrected chi connectivity index (χ0v) is 6.82. The number of carbonyl (C=O) groups is 1. The van der Waals surface area contributed by atoms with Crippen LogP contribution in [0.2, 0.25) is 0 Å². The highest BCUT2D eigenvalue weighted by Crippen LogP contribution is 2.01. The molecule has 0 aliphatic carbocycles. The predicted molar refractivity (Wildman–Crippen MR) is 47.7 cm³/mol. The quantitative estimate of drug-likeness (QED) is 0.671. The molecule has 0 saturated heterocycles. The van der Waals surface area contributed by atoms with E-state index in [1.54, 1.807) is 37.5 Å².